The first-order valence-electron chi connectivity index (χ1n) is 11.3. The van der Waals surface area contributed by atoms with E-state index in [-0.39, 0.29) is 31.9 Å². The van der Waals surface area contributed by atoms with Gasteiger partial charge in [0.05, 0.1) is 19.4 Å². The Kier molecular flexibility index (Phi) is 7.31. The van der Waals surface area contributed by atoms with Crippen LogP contribution in [0.15, 0.2) is 62.4 Å². The molecule has 2 aromatic carbocycles. The number of benzene rings is 2. The van der Waals surface area contributed by atoms with Crippen LogP contribution in [0.3, 0.4) is 0 Å². The molecule has 0 unspecified atom stereocenters. The van der Waals surface area contributed by atoms with Crippen LogP contribution in [-0.2, 0) is 25.5 Å². The summed E-state index contributed by atoms with van der Waals surface area (Å²) in [7, 11) is 1.49. The van der Waals surface area contributed by atoms with Crippen LogP contribution in [0.1, 0.15) is 24.5 Å². The summed E-state index contributed by atoms with van der Waals surface area (Å²) in [5.74, 6) is -0.721. The zero-order valence-corrected chi connectivity index (χ0v) is 19.9. The van der Waals surface area contributed by atoms with Crippen LogP contribution in [0.2, 0.25) is 0 Å². The van der Waals surface area contributed by atoms with Crippen LogP contribution < -0.4 is 10.9 Å². The zero-order valence-electron chi connectivity index (χ0n) is 19.9. The number of carbonyl (C=O) groups is 2. The van der Waals surface area contributed by atoms with Crippen LogP contribution in [-0.4, -0.2) is 38.2 Å². The molecular weight excluding hydrogens is 450 g/mol. The van der Waals surface area contributed by atoms with E-state index in [1.165, 1.54) is 14.0 Å². The number of rotatable bonds is 9. The molecule has 0 fully saturated rings. The molecule has 182 valence electrons. The fourth-order valence-corrected chi connectivity index (χ4v) is 4.15. The average molecular weight is 478 g/mol. The van der Waals surface area contributed by atoms with E-state index in [0.29, 0.717) is 16.7 Å². The van der Waals surface area contributed by atoms with E-state index < -0.39 is 17.7 Å². The first-order valence-corrected chi connectivity index (χ1v) is 11.3. The van der Waals surface area contributed by atoms with E-state index in [0.717, 1.165) is 27.5 Å². The van der Waals surface area contributed by atoms with Gasteiger partial charge in [0.2, 0.25) is 5.91 Å². The molecule has 8 heteroatoms. The minimum absolute atomic E-state index is 0.0834. The quantitative estimate of drug-likeness (QED) is 0.285. The van der Waals surface area contributed by atoms with Gasteiger partial charge in [-0.25, -0.2) is 4.79 Å². The number of hydrogen-bond donors (Lipinski definition) is 1. The summed E-state index contributed by atoms with van der Waals surface area (Å²) < 4.78 is 21.4. The van der Waals surface area contributed by atoms with Gasteiger partial charge in [0.15, 0.2) is 0 Å². The molecule has 35 heavy (non-hydrogen) atoms. The standard InChI is InChI=1S/C27H27NO7/c1-16-20(9-10-26(30)28-13-19(14-32-3)34-17(2)29)27(31)35-25-12-24-22(11-21(16)25)23(15-33-24)18-7-5-4-6-8-18/h4-8,11-12,15,19H,9-10,13-14H2,1-3H3,(H,28,30)/t19-/m1/s1. The largest absolute Gasteiger partial charge is 0.464 e. The molecule has 4 rings (SSSR count). The van der Waals surface area contributed by atoms with Crippen molar-refractivity contribution in [2.24, 2.45) is 0 Å². The van der Waals surface area contributed by atoms with Crippen LogP contribution in [0.25, 0.3) is 33.1 Å². The SMILES string of the molecule is COC[C@@H](CNC(=O)CCc1c(C)c2cc3c(-c4ccccc4)coc3cc2oc1=O)OC(C)=O. The smallest absolute Gasteiger partial charge is 0.339 e. The number of methoxy groups -OCH3 is 1. The number of nitrogens with one attached hydrogen (secondary N) is 1. The molecule has 2 heterocycles. The number of hydrogen-bond acceptors (Lipinski definition) is 7. The molecule has 0 saturated heterocycles. The number of furan rings is 1. The number of carbonyl (C=O) groups excluding carboxylic acids is 2. The molecule has 0 saturated carbocycles. The van der Waals surface area contributed by atoms with Gasteiger partial charge < -0.3 is 23.6 Å². The van der Waals surface area contributed by atoms with Crippen molar-refractivity contribution < 1.29 is 27.9 Å². The van der Waals surface area contributed by atoms with Crippen molar-refractivity contribution in [2.45, 2.75) is 32.8 Å². The highest BCUT2D eigenvalue weighted by Crippen LogP contribution is 2.34. The summed E-state index contributed by atoms with van der Waals surface area (Å²) in [6.07, 6.45) is 1.42. The van der Waals surface area contributed by atoms with Gasteiger partial charge in [-0.1, -0.05) is 30.3 Å². The Morgan fingerprint density at radius 1 is 1.09 bits per heavy atom. The highest BCUT2D eigenvalue weighted by molar-refractivity contribution is 6.02. The Morgan fingerprint density at radius 2 is 1.86 bits per heavy atom. The minimum atomic E-state index is -0.579. The van der Waals surface area contributed by atoms with Crippen LogP contribution >= 0.6 is 0 Å². The summed E-state index contributed by atoms with van der Waals surface area (Å²) in [5, 5.41) is 4.43. The van der Waals surface area contributed by atoms with E-state index in [9.17, 15) is 14.4 Å². The highest BCUT2D eigenvalue weighted by Gasteiger charge is 2.18. The second-order valence-corrected chi connectivity index (χ2v) is 8.34. The van der Waals surface area contributed by atoms with Gasteiger partial charge >= 0.3 is 11.6 Å². The fourth-order valence-electron chi connectivity index (χ4n) is 4.15. The second kappa shape index (κ2) is 10.6. The molecule has 0 aliphatic rings. The van der Waals surface area contributed by atoms with Crippen molar-refractivity contribution in [3.8, 4) is 11.1 Å². The Balaban J connectivity index is 1.55. The summed E-state index contributed by atoms with van der Waals surface area (Å²) in [6.45, 7) is 3.45. The zero-order chi connectivity index (χ0) is 24.9. The Bertz CT molecular complexity index is 1420. The van der Waals surface area contributed by atoms with E-state index in [2.05, 4.69) is 5.32 Å². The summed E-state index contributed by atoms with van der Waals surface area (Å²) in [6, 6.07) is 13.6. The molecule has 2 aromatic heterocycles. The lowest BCUT2D eigenvalue weighted by Crippen LogP contribution is -2.37. The van der Waals surface area contributed by atoms with Crippen LogP contribution in [0, 0.1) is 6.92 Å². The summed E-state index contributed by atoms with van der Waals surface area (Å²) in [4.78, 5) is 36.3. The molecule has 1 atom stereocenters. The Morgan fingerprint density at radius 3 is 2.57 bits per heavy atom. The van der Waals surface area contributed by atoms with Gasteiger partial charge in [-0.3, -0.25) is 9.59 Å². The average Bonchev–Trinajstić information content (AvgIpc) is 3.24. The molecule has 0 bridgehead atoms. The highest BCUT2D eigenvalue weighted by atomic mass is 16.6. The van der Waals surface area contributed by atoms with Gasteiger partial charge in [0, 0.05) is 48.4 Å². The third-order valence-corrected chi connectivity index (χ3v) is 5.88. The van der Waals surface area contributed by atoms with E-state index in [4.69, 9.17) is 18.3 Å². The van der Waals surface area contributed by atoms with Gasteiger partial charge in [-0.05, 0) is 30.5 Å². The number of amides is 1. The van der Waals surface area contributed by atoms with E-state index in [1.807, 2.05) is 43.3 Å². The molecule has 4 aromatic rings. The number of fused-ring (bicyclic) bond motifs is 2. The van der Waals surface area contributed by atoms with Gasteiger partial charge in [0.1, 0.15) is 17.3 Å². The number of ether oxygens (including phenoxy) is 2. The maximum Gasteiger partial charge on any atom is 0.339 e. The van der Waals surface area contributed by atoms with Crippen LogP contribution in [0.5, 0.6) is 0 Å². The molecule has 0 radical (unpaired) electrons. The lowest BCUT2D eigenvalue weighted by atomic mass is 9.99. The third-order valence-electron chi connectivity index (χ3n) is 5.88. The fraction of sp³-hybridized carbons (Fsp3) is 0.296. The number of esters is 1. The minimum Gasteiger partial charge on any atom is -0.464 e. The second-order valence-electron chi connectivity index (χ2n) is 8.34. The number of aryl methyl sites for hydroxylation is 1. The van der Waals surface area contributed by atoms with Crippen molar-refractivity contribution in [1.82, 2.24) is 5.32 Å². The van der Waals surface area contributed by atoms with Crippen molar-refractivity contribution >= 4 is 33.8 Å². The predicted octanol–water partition coefficient (Wildman–Crippen LogP) is 4.14. The van der Waals surface area contributed by atoms with E-state index >= 15 is 0 Å². The first kappa shape index (κ1) is 24.2. The van der Waals surface area contributed by atoms with Crippen molar-refractivity contribution in [2.75, 3.05) is 20.3 Å². The summed E-state index contributed by atoms with van der Waals surface area (Å²) in [5.41, 5.74) is 3.78. The molecule has 0 spiro atoms. The molecule has 0 aliphatic heterocycles. The molecule has 8 nitrogen and oxygen atoms in total. The summed E-state index contributed by atoms with van der Waals surface area (Å²) >= 11 is 0. The Hall–Kier alpha value is -3.91. The van der Waals surface area contributed by atoms with E-state index in [1.54, 1.807) is 12.3 Å². The molecule has 0 aliphatic carbocycles. The van der Waals surface area contributed by atoms with Crippen molar-refractivity contribution in [3.63, 3.8) is 0 Å². The molecular formula is C27H27NO7. The normalized spacial score (nSPS) is 12.1. The third kappa shape index (κ3) is 5.44. The maximum absolute atomic E-state index is 12.7. The Labute approximate surface area is 201 Å². The van der Waals surface area contributed by atoms with Crippen LogP contribution in [0.4, 0.5) is 0 Å². The van der Waals surface area contributed by atoms with Crippen molar-refractivity contribution in [1.29, 1.82) is 0 Å². The van der Waals surface area contributed by atoms with Gasteiger partial charge in [-0.15, -0.1) is 0 Å². The molecule has 1 amide bonds. The predicted molar refractivity (Wildman–Crippen MR) is 131 cm³/mol. The maximum atomic E-state index is 12.7. The lowest BCUT2D eigenvalue weighted by Gasteiger charge is -2.16. The first-order chi connectivity index (χ1) is 16.9. The van der Waals surface area contributed by atoms with Gasteiger partial charge in [0.25, 0.3) is 0 Å². The lowest BCUT2D eigenvalue weighted by molar-refractivity contribution is -0.149. The van der Waals surface area contributed by atoms with Crippen molar-refractivity contribution in [3.05, 3.63) is 70.3 Å². The monoisotopic (exact) mass is 477 g/mol. The van der Waals surface area contributed by atoms with Gasteiger partial charge in [-0.2, -0.15) is 0 Å². The molecule has 1 N–H and O–H groups in total. The topological polar surface area (TPSA) is 108 Å².